The molecule has 0 spiro atoms. The van der Waals surface area contributed by atoms with Gasteiger partial charge in [-0.25, -0.2) is 4.68 Å². The summed E-state index contributed by atoms with van der Waals surface area (Å²) in [5.41, 5.74) is 2.33. The Morgan fingerprint density at radius 2 is 1.96 bits per heavy atom. The molecular formula is C17H20N4O3. The number of aromatic nitrogens is 3. The second kappa shape index (κ2) is 6.43. The number of nitrogens with zero attached hydrogens (tertiary/aromatic N) is 4. The van der Waals surface area contributed by atoms with Crippen molar-refractivity contribution >= 4 is 11.9 Å². The van der Waals surface area contributed by atoms with Crippen molar-refractivity contribution in [1.82, 2.24) is 19.9 Å². The molecule has 0 saturated carbocycles. The standard InChI is InChI=1S/C17H20N4O3/c1-11-9-20(10-14(11)17(23)24)16(22)8-15-12(2)21(19-18-15)13-6-4-3-5-7-13/h3-7,11,14H,8-10H2,1-2H3,(H,23,24)/t11-,14-/m1/s1. The number of likely N-dealkylation sites (tertiary alicyclic amines) is 1. The Kier molecular flexibility index (Phi) is 4.33. The minimum absolute atomic E-state index is 0.0347. The first kappa shape index (κ1) is 16.2. The monoisotopic (exact) mass is 328 g/mol. The summed E-state index contributed by atoms with van der Waals surface area (Å²) in [4.78, 5) is 25.3. The van der Waals surface area contributed by atoms with E-state index in [1.54, 1.807) is 9.58 Å². The van der Waals surface area contributed by atoms with Crippen LogP contribution in [0.3, 0.4) is 0 Å². The first-order valence-corrected chi connectivity index (χ1v) is 7.94. The van der Waals surface area contributed by atoms with Gasteiger partial charge >= 0.3 is 5.97 Å². The zero-order chi connectivity index (χ0) is 17.3. The van der Waals surface area contributed by atoms with Gasteiger partial charge < -0.3 is 10.0 Å². The Labute approximate surface area is 139 Å². The second-order valence-electron chi connectivity index (χ2n) is 6.27. The van der Waals surface area contributed by atoms with Crippen molar-refractivity contribution in [1.29, 1.82) is 0 Å². The summed E-state index contributed by atoms with van der Waals surface area (Å²) in [5, 5.41) is 17.4. The topological polar surface area (TPSA) is 88.3 Å². The van der Waals surface area contributed by atoms with Gasteiger partial charge in [0.2, 0.25) is 5.91 Å². The Morgan fingerprint density at radius 1 is 1.25 bits per heavy atom. The molecule has 1 aromatic heterocycles. The predicted octanol–water partition coefficient (Wildman–Crippen LogP) is 1.30. The number of carbonyl (C=O) groups is 2. The zero-order valence-corrected chi connectivity index (χ0v) is 13.7. The van der Waals surface area contributed by atoms with Crippen LogP contribution in [0.15, 0.2) is 30.3 Å². The molecule has 1 amide bonds. The summed E-state index contributed by atoms with van der Waals surface area (Å²) < 4.78 is 1.70. The Hall–Kier alpha value is -2.70. The van der Waals surface area contributed by atoms with Gasteiger partial charge in [0.25, 0.3) is 0 Å². The highest BCUT2D eigenvalue weighted by molar-refractivity contribution is 5.80. The van der Waals surface area contributed by atoms with Gasteiger partial charge in [0.05, 0.1) is 29.4 Å². The third-order valence-electron chi connectivity index (χ3n) is 4.59. The molecular weight excluding hydrogens is 308 g/mol. The summed E-state index contributed by atoms with van der Waals surface area (Å²) in [7, 11) is 0. The van der Waals surface area contributed by atoms with E-state index in [0.717, 1.165) is 11.4 Å². The van der Waals surface area contributed by atoms with Gasteiger partial charge in [0.1, 0.15) is 0 Å². The molecule has 2 heterocycles. The van der Waals surface area contributed by atoms with Crippen molar-refractivity contribution in [2.24, 2.45) is 11.8 Å². The van der Waals surface area contributed by atoms with Crippen LogP contribution < -0.4 is 0 Å². The lowest BCUT2D eigenvalue weighted by Crippen LogP contribution is -2.31. The molecule has 0 radical (unpaired) electrons. The molecule has 126 valence electrons. The summed E-state index contributed by atoms with van der Waals surface area (Å²) in [6, 6.07) is 9.60. The summed E-state index contributed by atoms with van der Waals surface area (Å²) >= 11 is 0. The zero-order valence-electron chi connectivity index (χ0n) is 13.7. The number of hydrogen-bond acceptors (Lipinski definition) is 4. The van der Waals surface area contributed by atoms with Crippen LogP contribution in [0.5, 0.6) is 0 Å². The van der Waals surface area contributed by atoms with Crippen LogP contribution in [-0.2, 0) is 16.0 Å². The molecule has 1 aliphatic heterocycles. The average molecular weight is 328 g/mol. The molecule has 24 heavy (non-hydrogen) atoms. The lowest BCUT2D eigenvalue weighted by atomic mass is 9.99. The van der Waals surface area contributed by atoms with E-state index in [-0.39, 0.29) is 24.8 Å². The molecule has 1 saturated heterocycles. The number of carboxylic acids is 1. The Bertz CT molecular complexity index is 756. The van der Waals surface area contributed by atoms with Gasteiger partial charge in [-0.1, -0.05) is 30.3 Å². The number of para-hydroxylation sites is 1. The molecule has 2 atom stereocenters. The number of carbonyl (C=O) groups excluding carboxylic acids is 1. The first-order valence-electron chi connectivity index (χ1n) is 7.94. The van der Waals surface area contributed by atoms with Gasteiger partial charge in [-0.05, 0) is 25.0 Å². The van der Waals surface area contributed by atoms with Crippen LogP contribution in [0, 0.1) is 18.8 Å². The number of amides is 1. The molecule has 1 aromatic carbocycles. The molecule has 0 unspecified atom stereocenters. The molecule has 1 aliphatic rings. The van der Waals surface area contributed by atoms with Gasteiger partial charge in [0.15, 0.2) is 0 Å². The van der Waals surface area contributed by atoms with E-state index in [2.05, 4.69) is 10.3 Å². The molecule has 3 rings (SSSR count). The first-order chi connectivity index (χ1) is 11.5. The van der Waals surface area contributed by atoms with Crippen LogP contribution in [-0.4, -0.2) is 50.0 Å². The molecule has 2 aromatic rings. The summed E-state index contributed by atoms with van der Waals surface area (Å²) in [6.45, 7) is 4.48. The van der Waals surface area contributed by atoms with Gasteiger partial charge in [-0.15, -0.1) is 5.10 Å². The van der Waals surface area contributed by atoms with Gasteiger partial charge in [-0.3, -0.25) is 9.59 Å². The number of aliphatic carboxylic acids is 1. The van der Waals surface area contributed by atoms with Crippen LogP contribution in [0.4, 0.5) is 0 Å². The molecule has 1 fully saturated rings. The van der Waals surface area contributed by atoms with Crippen molar-refractivity contribution in [3.05, 3.63) is 41.7 Å². The van der Waals surface area contributed by atoms with Gasteiger partial charge in [-0.2, -0.15) is 0 Å². The van der Waals surface area contributed by atoms with Crippen LogP contribution >= 0.6 is 0 Å². The SMILES string of the molecule is Cc1c(CC(=O)N2C[C@@H](C)[C@H](C(=O)O)C2)nnn1-c1ccccc1. The lowest BCUT2D eigenvalue weighted by Gasteiger charge is -2.15. The molecule has 7 heteroatoms. The lowest BCUT2D eigenvalue weighted by molar-refractivity contribution is -0.142. The fourth-order valence-corrected chi connectivity index (χ4v) is 3.09. The van der Waals surface area contributed by atoms with E-state index in [0.29, 0.717) is 12.2 Å². The predicted molar refractivity (Wildman–Crippen MR) is 86.7 cm³/mol. The van der Waals surface area contributed by atoms with Crippen molar-refractivity contribution < 1.29 is 14.7 Å². The molecule has 7 nitrogen and oxygen atoms in total. The van der Waals surface area contributed by atoms with Crippen LogP contribution in [0.2, 0.25) is 0 Å². The smallest absolute Gasteiger partial charge is 0.308 e. The van der Waals surface area contributed by atoms with Crippen molar-refractivity contribution in [3.8, 4) is 5.69 Å². The number of carboxylic acid groups (broad SMARTS) is 1. The van der Waals surface area contributed by atoms with Crippen molar-refractivity contribution in [3.63, 3.8) is 0 Å². The fraction of sp³-hybridized carbons (Fsp3) is 0.412. The summed E-state index contributed by atoms with van der Waals surface area (Å²) in [6.07, 6.45) is 0.137. The quantitative estimate of drug-likeness (QED) is 0.914. The number of benzene rings is 1. The highest BCUT2D eigenvalue weighted by Gasteiger charge is 2.37. The minimum Gasteiger partial charge on any atom is -0.481 e. The molecule has 0 bridgehead atoms. The maximum Gasteiger partial charge on any atom is 0.308 e. The van der Waals surface area contributed by atoms with E-state index < -0.39 is 11.9 Å². The highest BCUT2D eigenvalue weighted by Crippen LogP contribution is 2.24. The highest BCUT2D eigenvalue weighted by atomic mass is 16.4. The van der Waals surface area contributed by atoms with E-state index in [1.165, 1.54) is 0 Å². The normalized spacial score (nSPS) is 20.3. The number of rotatable bonds is 4. The van der Waals surface area contributed by atoms with E-state index in [1.807, 2.05) is 44.2 Å². The maximum atomic E-state index is 12.5. The minimum atomic E-state index is -0.844. The Balaban J connectivity index is 1.72. The number of hydrogen-bond donors (Lipinski definition) is 1. The summed E-state index contributed by atoms with van der Waals surface area (Å²) in [5.74, 6) is -1.47. The van der Waals surface area contributed by atoms with Crippen molar-refractivity contribution in [2.75, 3.05) is 13.1 Å². The Morgan fingerprint density at radius 3 is 2.58 bits per heavy atom. The second-order valence-corrected chi connectivity index (χ2v) is 6.27. The largest absolute Gasteiger partial charge is 0.481 e. The van der Waals surface area contributed by atoms with Crippen molar-refractivity contribution in [2.45, 2.75) is 20.3 Å². The van der Waals surface area contributed by atoms with E-state index in [9.17, 15) is 14.7 Å². The van der Waals surface area contributed by atoms with Crippen LogP contribution in [0.25, 0.3) is 5.69 Å². The maximum absolute atomic E-state index is 12.5. The average Bonchev–Trinajstić information content (AvgIpc) is 3.12. The fourth-order valence-electron chi connectivity index (χ4n) is 3.09. The van der Waals surface area contributed by atoms with E-state index >= 15 is 0 Å². The molecule has 1 N–H and O–H groups in total. The third-order valence-corrected chi connectivity index (χ3v) is 4.59. The van der Waals surface area contributed by atoms with Gasteiger partial charge in [0, 0.05) is 13.1 Å². The molecule has 0 aliphatic carbocycles. The van der Waals surface area contributed by atoms with Crippen LogP contribution in [0.1, 0.15) is 18.3 Å². The third kappa shape index (κ3) is 3.02. The van der Waals surface area contributed by atoms with E-state index in [4.69, 9.17) is 0 Å².